The van der Waals surface area contributed by atoms with Crippen LogP contribution in [0.1, 0.15) is 5.69 Å². The van der Waals surface area contributed by atoms with E-state index in [9.17, 15) is 0 Å². The zero-order valence-electron chi connectivity index (χ0n) is 15.4. The zero-order chi connectivity index (χ0) is 18.5. The second-order valence-electron chi connectivity index (χ2n) is 5.78. The van der Waals surface area contributed by atoms with Gasteiger partial charge >= 0.3 is 0 Å². The number of methoxy groups -OCH3 is 2. The van der Waals surface area contributed by atoms with Gasteiger partial charge in [-0.05, 0) is 31.2 Å². The molecular formula is C20H22N4O2. The number of rotatable bonds is 6. The maximum Gasteiger partial charge on any atom is 0.231 e. The van der Waals surface area contributed by atoms with Crippen molar-refractivity contribution in [1.82, 2.24) is 9.97 Å². The molecule has 1 heterocycles. The number of benzene rings is 2. The monoisotopic (exact) mass is 350 g/mol. The first-order chi connectivity index (χ1) is 12.6. The molecule has 3 rings (SSSR count). The second kappa shape index (κ2) is 7.74. The highest BCUT2D eigenvalue weighted by atomic mass is 16.5. The third-order valence-electron chi connectivity index (χ3n) is 3.96. The van der Waals surface area contributed by atoms with Crippen molar-refractivity contribution in [3.05, 3.63) is 60.3 Å². The Morgan fingerprint density at radius 2 is 1.69 bits per heavy atom. The van der Waals surface area contributed by atoms with E-state index in [-0.39, 0.29) is 0 Å². The van der Waals surface area contributed by atoms with E-state index in [0.29, 0.717) is 17.5 Å². The molecule has 26 heavy (non-hydrogen) atoms. The highest BCUT2D eigenvalue weighted by molar-refractivity contribution is 5.67. The van der Waals surface area contributed by atoms with Crippen molar-refractivity contribution in [3.8, 4) is 11.5 Å². The quantitative estimate of drug-likeness (QED) is 0.715. The summed E-state index contributed by atoms with van der Waals surface area (Å²) in [5.74, 6) is 2.74. The summed E-state index contributed by atoms with van der Waals surface area (Å²) >= 11 is 0. The average Bonchev–Trinajstić information content (AvgIpc) is 2.67. The number of nitrogens with zero attached hydrogens (tertiary/aromatic N) is 3. The minimum atomic E-state index is 0.612. The number of hydrogen-bond acceptors (Lipinski definition) is 6. The molecule has 2 aromatic carbocycles. The maximum atomic E-state index is 5.42. The molecule has 0 saturated heterocycles. The average molecular weight is 350 g/mol. The summed E-state index contributed by atoms with van der Waals surface area (Å²) in [7, 11) is 5.21. The Morgan fingerprint density at radius 3 is 2.38 bits per heavy atom. The molecule has 0 saturated carbocycles. The number of anilines is 4. The molecule has 0 fully saturated rings. The Morgan fingerprint density at radius 1 is 0.923 bits per heavy atom. The second-order valence-corrected chi connectivity index (χ2v) is 5.78. The van der Waals surface area contributed by atoms with E-state index in [4.69, 9.17) is 9.47 Å². The topological polar surface area (TPSA) is 59.5 Å². The van der Waals surface area contributed by atoms with E-state index in [2.05, 4.69) is 15.3 Å². The molecule has 0 unspecified atom stereocenters. The van der Waals surface area contributed by atoms with Gasteiger partial charge in [0.1, 0.15) is 17.3 Å². The van der Waals surface area contributed by atoms with Crippen LogP contribution >= 0.6 is 0 Å². The zero-order valence-corrected chi connectivity index (χ0v) is 15.4. The summed E-state index contributed by atoms with van der Waals surface area (Å²) < 4.78 is 10.7. The fraction of sp³-hybridized carbons (Fsp3) is 0.200. The van der Waals surface area contributed by atoms with Crippen LogP contribution < -0.4 is 19.7 Å². The van der Waals surface area contributed by atoms with Crippen LogP contribution in [0, 0.1) is 6.92 Å². The number of nitrogens with one attached hydrogen (secondary N) is 1. The molecule has 0 bridgehead atoms. The summed E-state index contributed by atoms with van der Waals surface area (Å²) in [4.78, 5) is 11.1. The summed E-state index contributed by atoms with van der Waals surface area (Å²) in [6.45, 7) is 1.94. The third kappa shape index (κ3) is 3.85. The smallest absolute Gasteiger partial charge is 0.231 e. The van der Waals surface area contributed by atoms with E-state index in [1.54, 1.807) is 14.2 Å². The highest BCUT2D eigenvalue weighted by Crippen LogP contribution is 2.32. The highest BCUT2D eigenvalue weighted by Gasteiger charge is 2.11. The molecule has 3 aromatic rings. The number of ether oxygens (including phenoxy) is 2. The van der Waals surface area contributed by atoms with Crippen molar-refractivity contribution in [2.75, 3.05) is 31.5 Å². The van der Waals surface area contributed by atoms with E-state index in [0.717, 1.165) is 22.8 Å². The van der Waals surface area contributed by atoms with Gasteiger partial charge in [0, 0.05) is 30.6 Å². The van der Waals surface area contributed by atoms with Gasteiger partial charge in [-0.2, -0.15) is 4.98 Å². The number of aryl methyl sites for hydroxylation is 1. The molecule has 0 aliphatic rings. The van der Waals surface area contributed by atoms with Gasteiger partial charge in [0.25, 0.3) is 0 Å². The van der Waals surface area contributed by atoms with Crippen LogP contribution in [-0.4, -0.2) is 31.2 Å². The molecule has 134 valence electrons. The number of hydrogen-bond donors (Lipinski definition) is 1. The lowest BCUT2D eigenvalue weighted by Gasteiger charge is -2.19. The molecule has 0 atom stereocenters. The van der Waals surface area contributed by atoms with Crippen molar-refractivity contribution in [1.29, 1.82) is 0 Å². The van der Waals surface area contributed by atoms with Crippen molar-refractivity contribution in [2.45, 2.75) is 6.92 Å². The van der Waals surface area contributed by atoms with Crippen molar-refractivity contribution in [3.63, 3.8) is 0 Å². The SMILES string of the molecule is COc1ccc(OC)c(Nc2cc(C)nc(N(C)c3ccccc3)n2)c1. The minimum absolute atomic E-state index is 0.612. The van der Waals surface area contributed by atoms with Gasteiger partial charge in [-0.25, -0.2) is 4.98 Å². The van der Waals surface area contributed by atoms with Crippen LogP contribution in [0.25, 0.3) is 0 Å². The van der Waals surface area contributed by atoms with Gasteiger partial charge in [-0.3, -0.25) is 0 Å². The van der Waals surface area contributed by atoms with Crippen molar-refractivity contribution in [2.24, 2.45) is 0 Å². The maximum absolute atomic E-state index is 5.42. The lowest BCUT2D eigenvalue weighted by molar-refractivity contribution is 0.405. The van der Waals surface area contributed by atoms with Crippen molar-refractivity contribution >= 4 is 23.1 Å². The molecule has 1 N–H and O–H groups in total. The van der Waals surface area contributed by atoms with E-state index in [1.807, 2.05) is 73.5 Å². The van der Waals surface area contributed by atoms with E-state index >= 15 is 0 Å². The molecule has 0 aliphatic heterocycles. The Hall–Kier alpha value is -3.28. The van der Waals surface area contributed by atoms with E-state index in [1.165, 1.54) is 0 Å². The Labute approximate surface area is 153 Å². The summed E-state index contributed by atoms with van der Waals surface area (Å²) in [5, 5.41) is 3.30. The van der Waals surface area contributed by atoms with Gasteiger partial charge in [-0.15, -0.1) is 0 Å². The van der Waals surface area contributed by atoms with Crippen LogP contribution in [0.2, 0.25) is 0 Å². The van der Waals surface area contributed by atoms with Crippen LogP contribution in [0.3, 0.4) is 0 Å². The van der Waals surface area contributed by atoms with Crippen molar-refractivity contribution < 1.29 is 9.47 Å². The number of aromatic nitrogens is 2. The van der Waals surface area contributed by atoms with Gasteiger partial charge in [0.05, 0.1) is 19.9 Å². The summed E-state index contributed by atoms with van der Waals surface area (Å²) in [5.41, 5.74) is 2.66. The molecular weight excluding hydrogens is 328 g/mol. The Kier molecular flexibility index (Phi) is 5.22. The molecule has 6 heteroatoms. The third-order valence-corrected chi connectivity index (χ3v) is 3.96. The molecule has 0 radical (unpaired) electrons. The fourth-order valence-electron chi connectivity index (χ4n) is 2.58. The molecule has 1 aromatic heterocycles. The Balaban J connectivity index is 1.94. The molecule has 0 spiro atoms. The lowest BCUT2D eigenvalue weighted by Crippen LogP contribution is -2.14. The summed E-state index contributed by atoms with van der Waals surface area (Å²) in [6.07, 6.45) is 0. The van der Waals surface area contributed by atoms with Gasteiger partial charge in [-0.1, -0.05) is 18.2 Å². The number of para-hydroxylation sites is 1. The van der Waals surface area contributed by atoms with Gasteiger partial charge in [0.2, 0.25) is 5.95 Å². The first kappa shape index (κ1) is 17.5. The fourth-order valence-corrected chi connectivity index (χ4v) is 2.58. The molecule has 0 aliphatic carbocycles. The predicted molar refractivity (Wildman–Crippen MR) is 104 cm³/mol. The first-order valence-corrected chi connectivity index (χ1v) is 8.24. The standard InChI is InChI=1S/C20H22N4O2/c1-14-12-19(22-17-13-16(25-3)10-11-18(17)26-4)23-20(21-14)24(2)15-8-6-5-7-9-15/h5-13H,1-4H3,(H,21,22,23). The predicted octanol–water partition coefficient (Wildman–Crippen LogP) is 4.31. The summed E-state index contributed by atoms with van der Waals surface area (Å²) in [6, 6.07) is 17.5. The van der Waals surface area contributed by atoms with Crippen LogP contribution in [0.15, 0.2) is 54.6 Å². The van der Waals surface area contributed by atoms with Crippen LogP contribution in [-0.2, 0) is 0 Å². The van der Waals surface area contributed by atoms with Crippen LogP contribution in [0.5, 0.6) is 11.5 Å². The van der Waals surface area contributed by atoms with Crippen LogP contribution in [0.4, 0.5) is 23.1 Å². The van der Waals surface area contributed by atoms with Gasteiger partial charge in [0.15, 0.2) is 0 Å². The first-order valence-electron chi connectivity index (χ1n) is 8.24. The van der Waals surface area contributed by atoms with Gasteiger partial charge < -0.3 is 19.7 Å². The molecule has 6 nitrogen and oxygen atoms in total. The Bertz CT molecular complexity index is 884. The normalized spacial score (nSPS) is 10.3. The largest absolute Gasteiger partial charge is 0.497 e. The minimum Gasteiger partial charge on any atom is -0.497 e. The lowest BCUT2D eigenvalue weighted by atomic mass is 10.2. The van der Waals surface area contributed by atoms with E-state index < -0.39 is 0 Å². The molecule has 0 amide bonds.